The Morgan fingerprint density at radius 2 is 2.07 bits per heavy atom. The zero-order valence-corrected chi connectivity index (χ0v) is 8.86. The van der Waals surface area contributed by atoms with E-state index in [0.717, 1.165) is 18.5 Å². The third kappa shape index (κ3) is 1.68. The zero-order valence-electron chi connectivity index (χ0n) is 8.86. The molecule has 0 aliphatic heterocycles. The minimum atomic E-state index is -0.121. The molecular formula is C12H14N2O. The quantitative estimate of drug-likeness (QED) is 0.700. The van der Waals surface area contributed by atoms with Crippen molar-refractivity contribution in [1.82, 2.24) is 4.57 Å². The maximum atomic E-state index is 11.9. The number of hydrogen-bond acceptors (Lipinski definition) is 2. The lowest BCUT2D eigenvalue weighted by Crippen LogP contribution is -2.27. The summed E-state index contributed by atoms with van der Waals surface area (Å²) in [6, 6.07) is 5.74. The summed E-state index contributed by atoms with van der Waals surface area (Å²) in [5, 5.41) is 8.81. The fourth-order valence-electron chi connectivity index (χ4n) is 2.35. The van der Waals surface area contributed by atoms with Crippen molar-refractivity contribution in [3.8, 4) is 6.07 Å². The molecule has 15 heavy (non-hydrogen) atoms. The average Bonchev–Trinajstić information content (AvgIpc) is 2.71. The topological polar surface area (TPSA) is 45.8 Å². The van der Waals surface area contributed by atoms with Crippen molar-refractivity contribution < 1.29 is 0 Å². The second-order valence-corrected chi connectivity index (χ2v) is 4.11. The van der Waals surface area contributed by atoms with Crippen LogP contribution in [0.2, 0.25) is 0 Å². The van der Waals surface area contributed by atoms with E-state index in [1.807, 2.05) is 19.1 Å². The van der Waals surface area contributed by atoms with Gasteiger partial charge in [0, 0.05) is 11.7 Å². The van der Waals surface area contributed by atoms with Gasteiger partial charge in [0.1, 0.15) is 11.6 Å². The lowest BCUT2D eigenvalue weighted by Gasteiger charge is -2.16. The highest BCUT2D eigenvalue weighted by Crippen LogP contribution is 2.29. The first-order chi connectivity index (χ1) is 7.24. The Kier molecular flexibility index (Phi) is 2.59. The number of nitriles is 1. The van der Waals surface area contributed by atoms with Gasteiger partial charge < -0.3 is 4.57 Å². The van der Waals surface area contributed by atoms with Gasteiger partial charge in [-0.2, -0.15) is 5.26 Å². The minimum absolute atomic E-state index is 0.121. The number of hydrogen-bond donors (Lipinski definition) is 0. The van der Waals surface area contributed by atoms with E-state index in [4.69, 9.17) is 5.26 Å². The van der Waals surface area contributed by atoms with Crippen LogP contribution in [0.25, 0.3) is 0 Å². The highest BCUT2D eigenvalue weighted by atomic mass is 16.1. The molecule has 1 aromatic rings. The van der Waals surface area contributed by atoms with Crippen molar-refractivity contribution >= 4 is 0 Å². The van der Waals surface area contributed by atoms with Gasteiger partial charge in [-0.3, -0.25) is 4.79 Å². The lowest BCUT2D eigenvalue weighted by atomic mass is 10.2. The Morgan fingerprint density at radius 3 is 2.67 bits per heavy atom. The molecule has 0 saturated heterocycles. The molecule has 78 valence electrons. The predicted molar refractivity (Wildman–Crippen MR) is 57.7 cm³/mol. The van der Waals surface area contributed by atoms with E-state index in [0.29, 0.717) is 6.04 Å². The van der Waals surface area contributed by atoms with E-state index in [1.54, 1.807) is 10.6 Å². The number of nitrogens with zero attached hydrogens (tertiary/aromatic N) is 2. The molecule has 0 aromatic carbocycles. The van der Waals surface area contributed by atoms with Crippen LogP contribution in [0.15, 0.2) is 16.9 Å². The van der Waals surface area contributed by atoms with Crippen LogP contribution in [0.1, 0.15) is 43.0 Å². The summed E-state index contributed by atoms with van der Waals surface area (Å²) in [4.78, 5) is 11.9. The molecule has 3 heteroatoms. The zero-order chi connectivity index (χ0) is 10.8. The summed E-state index contributed by atoms with van der Waals surface area (Å²) in [5.74, 6) is 0. The van der Waals surface area contributed by atoms with Gasteiger partial charge in [0.05, 0.1) is 0 Å². The van der Waals surface area contributed by atoms with Crippen molar-refractivity contribution in [3.63, 3.8) is 0 Å². The molecule has 2 rings (SSSR count). The van der Waals surface area contributed by atoms with Gasteiger partial charge >= 0.3 is 0 Å². The van der Waals surface area contributed by atoms with Gasteiger partial charge in [0.25, 0.3) is 5.56 Å². The SMILES string of the molecule is Cc1ccc(C#N)c(=O)n1C1CCCC1. The molecule has 1 aliphatic rings. The average molecular weight is 202 g/mol. The maximum Gasteiger partial charge on any atom is 0.268 e. The third-order valence-corrected chi connectivity index (χ3v) is 3.13. The molecule has 1 aromatic heterocycles. The maximum absolute atomic E-state index is 11.9. The first-order valence-corrected chi connectivity index (χ1v) is 5.36. The van der Waals surface area contributed by atoms with Crippen molar-refractivity contribution in [2.75, 3.05) is 0 Å². The van der Waals surface area contributed by atoms with Crippen LogP contribution in [0, 0.1) is 18.3 Å². The van der Waals surface area contributed by atoms with Crippen LogP contribution in [-0.2, 0) is 0 Å². The molecule has 1 saturated carbocycles. The summed E-state index contributed by atoms with van der Waals surface area (Å²) in [6.45, 7) is 1.93. The Morgan fingerprint density at radius 1 is 1.40 bits per heavy atom. The highest BCUT2D eigenvalue weighted by molar-refractivity contribution is 5.27. The van der Waals surface area contributed by atoms with E-state index >= 15 is 0 Å². The largest absolute Gasteiger partial charge is 0.309 e. The monoisotopic (exact) mass is 202 g/mol. The van der Waals surface area contributed by atoms with Gasteiger partial charge in [-0.15, -0.1) is 0 Å². The summed E-state index contributed by atoms with van der Waals surface area (Å²) < 4.78 is 1.80. The summed E-state index contributed by atoms with van der Waals surface area (Å²) >= 11 is 0. The van der Waals surface area contributed by atoms with Crippen LogP contribution in [0.4, 0.5) is 0 Å². The van der Waals surface area contributed by atoms with Crippen molar-refractivity contribution in [3.05, 3.63) is 33.7 Å². The number of pyridine rings is 1. The molecule has 3 nitrogen and oxygen atoms in total. The van der Waals surface area contributed by atoms with E-state index < -0.39 is 0 Å². The van der Waals surface area contributed by atoms with E-state index in [9.17, 15) is 4.79 Å². The molecule has 0 amide bonds. The van der Waals surface area contributed by atoms with Crippen LogP contribution in [-0.4, -0.2) is 4.57 Å². The van der Waals surface area contributed by atoms with E-state index in [2.05, 4.69) is 0 Å². The molecule has 0 N–H and O–H groups in total. The van der Waals surface area contributed by atoms with Gasteiger partial charge in [-0.25, -0.2) is 0 Å². The van der Waals surface area contributed by atoms with Crippen molar-refractivity contribution in [2.24, 2.45) is 0 Å². The number of aryl methyl sites for hydroxylation is 1. The highest BCUT2D eigenvalue weighted by Gasteiger charge is 2.20. The fourth-order valence-corrected chi connectivity index (χ4v) is 2.35. The fraction of sp³-hybridized carbons (Fsp3) is 0.500. The van der Waals surface area contributed by atoms with E-state index in [-0.39, 0.29) is 11.1 Å². The van der Waals surface area contributed by atoms with Crippen LogP contribution in [0.5, 0.6) is 0 Å². The first kappa shape index (κ1) is 9.97. The molecule has 1 heterocycles. The molecule has 0 bridgehead atoms. The third-order valence-electron chi connectivity index (χ3n) is 3.13. The summed E-state index contributed by atoms with van der Waals surface area (Å²) in [6.07, 6.45) is 4.51. The second-order valence-electron chi connectivity index (χ2n) is 4.11. The molecule has 1 aliphatic carbocycles. The minimum Gasteiger partial charge on any atom is -0.309 e. The van der Waals surface area contributed by atoms with Crippen LogP contribution >= 0.6 is 0 Å². The lowest BCUT2D eigenvalue weighted by molar-refractivity contribution is 0.490. The molecule has 0 atom stereocenters. The Hall–Kier alpha value is -1.56. The molecule has 0 radical (unpaired) electrons. The van der Waals surface area contributed by atoms with Crippen LogP contribution in [0.3, 0.4) is 0 Å². The summed E-state index contributed by atoms with van der Waals surface area (Å²) in [7, 11) is 0. The van der Waals surface area contributed by atoms with E-state index in [1.165, 1.54) is 12.8 Å². The smallest absolute Gasteiger partial charge is 0.268 e. The molecule has 0 spiro atoms. The second kappa shape index (κ2) is 3.90. The molecular weight excluding hydrogens is 188 g/mol. The molecule has 1 fully saturated rings. The first-order valence-electron chi connectivity index (χ1n) is 5.36. The van der Waals surface area contributed by atoms with Crippen LogP contribution < -0.4 is 5.56 Å². The number of aromatic nitrogens is 1. The van der Waals surface area contributed by atoms with Gasteiger partial charge in [0.15, 0.2) is 0 Å². The Bertz CT molecular complexity index is 461. The number of rotatable bonds is 1. The molecule has 0 unspecified atom stereocenters. The normalized spacial score (nSPS) is 16.5. The summed E-state index contributed by atoms with van der Waals surface area (Å²) in [5.41, 5.74) is 1.10. The van der Waals surface area contributed by atoms with Gasteiger partial charge in [-0.05, 0) is 31.9 Å². The Balaban J connectivity index is 2.54. The Labute approximate surface area is 89.0 Å². The van der Waals surface area contributed by atoms with Gasteiger partial charge in [-0.1, -0.05) is 12.8 Å². The predicted octanol–water partition coefficient (Wildman–Crippen LogP) is 2.14. The standard InChI is InChI=1S/C12H14N2O/c1-9-6-7-10(8-13)12(15)14(9)11-4-2-3-5-11/h6-7,11H,2-5H2,1H3. The van der Waals surface area contributed by atoms with Crippen molar-refractivity contribution in [2.45, 2.75) is 38.6 Å². The van der Waals surface area contributed by atoms with Gasteiger partial charge in [0.2, 0.25) is 0 Å². The van der Waals surface area contributed by atoms with Crippen molar-refractivity contribution in [1.29, 1.82) is 5.26 Å².